The lowest BCUT2D eigenvalue weighted by molar-refractivity contribution is 0.314. The summed E-state index contributed by atoms with van der Waals surface area (Å²) in [5, 5.41) is 10.9. The van der Waals surface area contributed by atoms with E-state index in [0.29, 0.717) is 24.3 Å². The van der Waals surface area contributed by atoms with Gasteiger partial charge in [-0.05, 0) is 65.9 Å². The molecule has 0 saturated heterocycles. The van der Waals surface area contributed by atoms with Gasteiger partial charge in [0.2, 0.25) is 0 Å². The highest BCUT2D eigenvalue weighted by molar-refractivity contribution is 5.31. The lowest BCUT2D eigenvalue weighted by Crippen LogP contribution is -2.37. The van der Waals surface area contributed by atoms with Gasteiger partial charge < -0.3 is 10.1 Å². The van der Waals surface area contributed by atoms with Crippen LogP contribution in [0, 0.1) is 0 Å². The molecule has 150 valence electrons. The van der Waals surface area contributed by atoms with E-state index in [4.69, 9.17) is 15.8 Å². The Hall–Kier alpha value is -3.18. The van der Waals surface area contributed by atoms with Crippen LogP contribution in [0.5, 0.6) is 5.75 Å². The van der Waals surface area contributed by atoms with E-state index in [0.717, 1.165) is 31.2 Å². The molecule has 1 unspecified atom stereocenters. The van der Waals surface area contributed by atoms with Gasteiger partial charge in [0.15, 0.2) is 6.73 Å². The third-order valence-corrected chi connectivity index (χ3v) is 5.38. The van der Waals surface area contributed by atoms with E-state index in [9.17, 15) is 0 Å². The smallest absolute Gasteiger partial charge is 0.167 e. The summed E-state index contributed by atoms with van der Waals surface area (Å²) in [6.07, 6.45) is 4.45. The van der Waals surface area contributed by atoms with E-state index in [1.807, 2.05) is 24.3 Å². The quantitative estimate of drug-likeness (QED) is 0.320. The van der Waals surface area contributed by atoms with Gasteiger partial charge in [0.1, 0.15) is 5.75 Å². The zero-order chi connectivity index (χ0) is 20.3. The highest BCUT2D eigenvalue weighted by Crippen LogP contribution is 2.33. The molecule has 1 N–H and O–H groups in total. The molecule has 0 spiro atoms. The van der Waals surface area contributed by atoms with Gasteiger partial charge in [-0.3, -0.25) is 0 Å². The fourth-order valence-electron chi connectivity index (χ4n) is 3.93. The fourth-order valence-corrected chi connectivity index (χ4v) is 3.93. The van der Waals surface area contributed by atoms with Crippen molar-refractivity contribution in [1.29, 1.82) is 0 Å². The summed E-state index contributed by atoms with van der Waals surface area (Å²) >= 11 is 0. The van der Waals surface area contributed by atoms with E-state index in [2.05, 4.69) is 55.7 Å². The van der Waals surface area contributed by atoms with Gasteiger partial charge in [-0.25, -0.2) is 0 Å². The molecule has 3 rings (SSSR count). The van der Waals surface area contributed by atoms with Gasteiger partial charge in [0.05, 0.1) is 0 Å². The summed E-state index contributed by atoms with van der Waals surface area (Å²) in [5.41, 5.74) is 19.6. The van der Waals surface area contributed by atoms with E-state index in [-0.39, 0.29) is 12.8 Å². The summed E-state index contributed by atoms with van der Waals surface area (Å²) in [7, 11) is 0. The van der Waals surface area contributed by atoms with E-state index >= 15 is 0 Å². The molecule has 0 radical (unpaired) electrons. The van der Waals surface area contributed by atoms with Gasteiger partial charge in [-0.1, -0.05) is 52.7 Å². The molecule has 2 aromatic carbocycles. The normalized spacial score (nSPS) is 19.4. The van der Waals surface area contributed by atoms with Crippen molar-refractivity contribution >= 4 is 0 Å². The van der Waals surface area contributed by atoms with Crippen molar-refractivity contribution in [3.05, 3.63) is 86.6 Å². The first-order chi connectivity index (χ1) is 14.3. The number of nitrogens with zero attached hydrogens (tertiary/aromatic N) is 6. The molecule has 0 aromatic heterocycles. The summed E-state index contributed by atoms with van der Waals surface area (Å²) < 4.78 is 5.44. The minimum Gasteiger partial charge on any atom is -0.488 e. The predicted octanol–water partition coefficient (Wildman–Crippen LogP) is 6.00. The maximum Gasteiger partial charge on any atom is 0.167 e. The van der Waals surface area contributed by atoms with Crippen LogP contribution in [0.3, 0.4) is 0 Å². The van der Waals surface area contributed by atoms with Crippen molar-refractivity contribution in [2.45, 2.75) is 43.7 Å². The maximum absolute atomic E-state index is 8.79. The Labute approximate surface area is 170 Å². The molecule has 8 heteroatoms. The van der Waals surface area contributed by atoms with Crippen LogP contribution in [0.15, 0.2) is 64.8 Å². The second-order valence-electron chi connectivity index (χ2n) is 7.17. The Morgan fingerprint density at radius 1 is 0.966 bits per heavy atom. The van der Waals surface area contributed by atoms with Gasteiger partial charge in [0, 0.05) is 28.5 Å². The van der Waals surface area contributed by atoms with Crippen molar-refractivity contribution in [3.8, 4) is 5.75 Å². The van der Waals surface area contributed by atoms with Crippen LogP contribution in [0.2, 0.25) is 0 Å². The Morgan fingerprint density at radius 3 is 2.45 bits per heavy atom. The van der Waals surface area contributed by atoms with Crippen molar-refractivity contribution in [3.63, 3.8) is 0 Å². The summed E-state index contributed by atoms with van der Waals surface area (Å²) in [6, 6.07) is 18.6. The molecule has 0 aliphatic heterocycles. The molecular weight excluding hydrogens is 366 g/mol. The molecule has 29 heavy (non-hydrogen) atoms. The number of hydrogen-bond acceptors (Lipinski definition) is 4. The molecule has 0 bridgehead atoms. The molecule has 1 saturated carbocycles. The Balaban J connectivity index is 1.63. The minimum absolute atomic E-state index is 0.0576. The summed E-state index contributed by atoms with van der Waals surface area (Å²) in [5.74, 6) is 1.23. The Kier molecular flexibility index (Phi) is 7.78. The number of hydrogen-bond donors (Lipinski definition) is 1. The Bertz CT molecular complexity index is 868. The largest absolute Gasteiger partial charge is 0.488 e. The highest BCUT2D eigenvalue weighted by Gasteiger charge is 2.24. The number of ether oxygens (including phenoxy) is 1. The van der Waals surface area contributed by atoms with Crippen LogP contribution < -0.4 is 10.1 Å². The first-order valence-electron chi connectivity index (χ1n) is 9.85. The van der Waals surface area contributed by atoms with Crippen molar-refractivity contribution in [1.82, 2.24) is 5.32 Å². The van der Waals surface area contributed by atoms with Crippen molar-refractivity contribution < 1.29 is 4.74 Å². The number of nitrogens with one attached hydrogen (secondary N) is 1. The standard InChI is InChI=1S/C21H25N7O/c22-27-24-14-21(18-7-4-8-20(13-18)29-15-25-28-23)26-19-11-9-17(10-12-19)16-5-2-1-3-6-16/h1-8,13,17,19,21,26H,9-12,14-15H2. The van der Waals surface area contributed by atoms with Crippen molar-refractivity contribution in [2.24, 2.45) is 10.2 Å². The molecule has 1 aliphatic carbocycles. The van der Waals surface area contributed by atoms with Crippen LogP contribution >= 0.6 is 0 Å². The third-order valence-electron chi connectivity index (χ3n) is 5.38. The minimum atomic E-state index is -0.0906. The highest BCUT2D eigenvalue weighted by atomic mass is 16.5. The fraction of sp³-hybridized carbons (Fsp3) is 0.429. The molecule has 0 heterocycles. The van der Waals surface area contributed by atoms with Gasteiger partial charge in [0.25, 0.3) is 0 Å². The lowest BCUT2D eigenvalue weighted by atomic mass is 9.81. The molecule has 1 aliphatic rings. The SMILES string of the molecule is [N-]=[N+]=NCOc1cccc(C(CN=[N+]=[N-])NC2CCC(c3ccccc3)CC2)c1. The zero-order valence-corrected chi connectivity index (χ0v) is 16.3. The van der Waals surface area contributed by atoms with E-state index in [1.165, 1.54) is 5.56 Å². The van der Waals surface area contributed by atoms with Crippen LogP contribution in [0.4, 0.5) is 0 Å². The first kappa shape index (κ1) is 20.6. The van der Waals surface area contributed by atoms with Gasteiger partial charge in [-0.15, -0.1) is 0 Å². The molecule has 8 nitrogen and oxygen atoms in total. The first-order valence-corrected chi connectivity index (χ1v) is 9.85. The molecule has 2 aromatic rings. The van der Waals surface area contributed by atoms with Gasteiger partial charge in [-0.2, -0.15) is 0 Å². The average Bonchev–Trinajstić information content (AvgIpc) is 2.78. The topological polar surface area (TPSA) is 119 Å². The van der Waals surface area contributed by atoms with Gasteiger partial charge >= 0.3 is 0 Å². The Morgan fingerprint density at radius 2 is 1.72 bits per heavy atom. The monoisotopic (exact) mass is 391 g/mol. The van der Waals surface area contributed by atoms with Crippen LogP contribution in [-0.2, 0) is 0 Å². The maximum atomic E-state index is 8.79. The number of azide groups is 2. The molecule has 1 atom stereocenters. The summed E-state index contributed by atoms with van der Waals surface area (Å²) in [4.78, 5) is 5.61. The second kappa shape index (κ2) is 11.0. The second-order valence-corrected chi connectivity index (χ2v) is 7.17. The predicted molar refractivity (Wildman–Crippen MR) is 112 cm³/mol. The molecular formula is C21H25N7O. The van der Waals surface area contributed by atoms with Crippen molar-refractivity contribution in [2.75, 3.05) is 13.3 Å². The molecule has 0 amide bonds. The third kappa shape index (κ3) is 6.16. The van der Waals surface area contributed by atoms with Crippen LogP contribution in [0.1, 0.15) is 48.8 Å². The lowest BCUT2D eigenvalue weighted by Gasteiger charge is -2.32. The van der Waals surface area contributed by atoms with E-state index in [1.54, 1.807) is 0 Å². The summed E-state index contributed by atoms with van der Waals surface area (Å²) in [6.45, 7) is 0.271. The van der Waals surface area contributed by atoms with Crippen LogP contribution in [-0.4, -0.2) is 19.3 Å². The van der Waals surface area contributed by atoms with E-state index < -0.39 is 0 Å². The van der Waals surface area contributed by atoms with Crippen LogP contribution in [0.25, 0.3) is 20.9 Å². The average molecular weight is 391 g/mol. The molecule has 1 fully saturated rings. The number of rotatable bonds is 9. The zero-order valence-electron chi connectivity index (χ0n) is 16.3. The number of benzene rings is 2.